The SMILES string of the molecule is COC(CNC(=O)Nc1cccc(F)c1)CC(=O)O. The first-order valence-electron chi connectivity index (χ1n) is 5.56. The Morgan fingerprint density at radius 1 is 1.47 bits per heavy atom. The second-order valence-electron chi connectivity index (χ2n) is 3.80. The number of rotatable bonds is 6. The van der Waals surface area contributed by atoms with Gasteiger partial charge in [0.1, 0.15) is 5.82 Å². The van der Waals surface area contributed by atoms with Gasteiger partial charge in [0.05, 0.1) is 12.5 Å². The monoisotopic (exact) mass is 270 g/mol. The molecule has 0 fully saturated rings. The number of nitrogens with one attached hydrogen (secondary N) is 2. The molecule has 1 aromatic carbocycles. The van der Waals surface area contributed by atoms with Crippen LogP contribution in [0.2, 0.25) is 0 Å². The molecule has 1 atom stereocenters. The molecule has 0 aromatic heterocycles. The van der Waals surface area contributed by atoms with E-state index in [0.717, 1.165) is 0 Å². The van der Waals surface area contributed by atoms with E-state index in [4.69, 9.17) is 9.84 Å². The Hall–Kier alpha value is -2.15. The van der Waals surface area contributed by atoms with Crippen molar-refractivity contribution in [1.82, 2.24) is 5.32 Å². The Balaban J connectivity index is 2.40. The number of carbonyl (C=O) groups excluding carboxylic acids is 1. The van der Waals surface area contributed by atoms with Crippen LogP contribution in [0.5, 0.6) is 0 Å². The molecule has 104 valence electrons. The molecule has 0 bridgehead atoms. The fourth-order valence-electron chi connectivity index (χ4n) is 1.38. The highest BCUT2D eigenvalue weighted by Gasteiger charge is 2.13. The molecule has 2 amide bonds. The fourth-order valence-corrected chi connectivity index (χ4v) is 1.38. The van der Waals surface area contributed by atoms with Gasteiger partial charge in [0.15, 0.2) is 0 Å². The van der Waals surface area contributed by atoms with Gasteiger partial charge in [-0.2, -0.15) is 0 Å². The van der Waals surface area contributed by atoms with E-state index in [0.29, 0.717) is 5.69 Å². The van der Waals surface area contributed by atoms with Gasteiger partial charge < -0.3 is 20.5 Å². The van der Waals surface area contributed by atoms with E-state index < -0.39 is 23.9 Å². The van der Waals surface area contributed by atoms with Crippen molar-refractivity contribution >= 4 is 17.7 Å². The zero-order valence-electron chi connectivity index (χ0n) is 10.4. The third-order valence-electron chi connectivity index (χ3n) is 2.31. The lowest BCUT2D eigenvalue weighted by molar-refractivity contribution is -0.139. The van der Waals surface area contributed by atoms with Crippen LogP contribution in [0.25, 0.3) is 0 Å². The largest absolute Gasteiger partial charge is 0.481 e. The smallest absolute Gasteiger partial charge is 0.319 e. The second kappa shape index (κ2) is 7.32. The van der Waals surface area contributed by atoms with Gasteiger partial charge >= 0.3 is 12.0 Å². The Morgan fingerprint density at radius 2 is 2.21 bits per heavy atom. The summed E-state index contributed by atoms with van der Waals surface area (Å²) in [6.07, 6.45) is -0.827. The van der Waals surface area contributed by atoms with Crippen molar-refractivity contribution in [2.75, 3.05) is 19.0 Å². The number of halogens is 1. The fraction of sp³-hybridized carbons (Fsp3) is 0.333. The van der Waals surface area contributed by atoms with E-state index in [1.165, 1.54) is 31.4 Å². The number of hydrogen-bond acceptors (Lipinski definition) is 3. The normalized spacial score (nSPS) is 11.7. The van der Waals surface area contributed by atoms with Crippen molar-refractivity contribution in [1.29, 1.82) is 0 Å². The van der Waals surface area contributed by atoms with Crippen LogP contribution in [-0.4, -0.2) is 36.9 Å². The standard InChI is InChI=1S/C12H15FN2O4/c1-19-10(6-11(16)17)7-14-12(18)15-9-4-2-3-8(13)5-9/h2-5,10H,6-7H2,1H3,(H,16,17)(H2,14,15,18). The van der Waals surface area contributed by atoms with Crippen LogP contribution in [0, 0.1) is 5.82 Å². The van der Waals surface area contributed by atoms with Crippen molar-refractivity contribution in [2.24, 2.45) is 0 Å². The highest BCUT2D eigenvalue weighted by Crippen LogP contribution is 2.08. The Labute approximate surface area is 109 Å². The lowest BCUT2D eigenvalue weighted by atomic mass is 10.2. The van der Waals surface area contributed by atoms with E-state index >= 15 is 0 Å². The average molecular weight is 270 g/mol. The second-order valence-corrected chi connectivity index (χ2v) is 3.80. The number of amides is 2. The number of ether oxygens (including phenoxy) is 1. The lowest BCUT2D eigenvalue weighted by Crippen LogP contribution is -2.37. The Morgan fingerprint density at radius 3 is 2.79 bits per heavy atom. The number of aliphatic carboxylic acids is 1. The van der Waals surface area contributed by atoms with E-state index in [2.05, 4.69) is 10.6 Å². The molecular formula is C12H15FN2O4. The van der Waals surface area contributed by atoms with Crippen LogP contribution in [0.1, 0.15) is 6.42 Å². The quantitative estimate of drug-likeness (QED) is 0.729. The van der Waals surface area contributed by atoms with Gasteiger partial charge in [-0.15, -0.1) is 0 Å². The number of benzene rings is 1. The van der Waals surface area contributed by atoms with Crippen molar-refractivity contribution < 1.29 is 23.8 Å². The highest BCUT2D eigenvalue weighted by molar-refractivity contribution is 5.89. The summed E-state index contributed by atoms with van der Waals surface area (Å²) < 4.78 is 17.8. The number of urea groups is 1. The summed E-state index contributed by atoms with van der Waals surface area (Å²) >= 11 is 0. The molecule has 0 saturated carbocycles. The van der Waals surface area contributed by atoms with Gasteiger partial charge in [-0.25, -0.2) is 9.18 Å². The van der Waals surface area contributed by atoms with E-state index in [1.54, 1.807) is 0 Å². The average Bonchev–Trinajstić information content (AvgIpc) is 2.34. The minimum atomic E-state index is -1.01. The zero-order chi connectivity index (χ0) is 14.3. The van der Waals surface area contributed by atoms with Crippen LogP contribution < -0.4 is 10.6 Å². The van der Waals surface area contributed by atoms with E-state index in [1.807, 2.05) is 0 Å². The molecule has 0 aliphatic rings. The molecule has 1 aromatic rings. The van der Waals surface area contributed by atoms with Crippen molar-refractivity contribution in [2.45, 2.75) is 12.5 Å². The van der Waals surface area contributed by atoms with Crippen LogP contribution in [0.15, 0.2) is 24.3 Å². The summed E-state index contributed by atoms with van der Waals surface area (Å²) in [4.78, 5) is 22.0. The number of methoxy groups -OCH3 is 1. The Kier molecular flexibility index (Phi) is 5.74. The van der Waals surface area contributed by atoms with Gasteiger partial charge in [0, 0.05) is 19.3 Å². The minimum absolute atomic E-state index is 0.0456. The topological polar surface area (TPSA) is 87.7 Å². The van der Waals surface area contributed by atoms with E-state index in [-0.39, 0.29) is 13.0 Å². The summed E-state index contributed by atoms with van der Waals surface area (Å²) in [6, 6.07) is 4.88. The predicted molar refractivity (Wildman–Crippen MR) is 66.5 cm³/mol. The minimum Gasteiger partial charge on any atom is -0.481 e. The molecule has 19 heavy (non-hydrogen) atoms. The highest BCUT2D eigenvalue weighted by atomic mass is 19.1. The van der Waals surface area contributed by atoms with Crippen LogP contribution in [0.4, 0.5) is 14.9 Å². The molecule has 0 radical (unpaired) electrons. The van der Waals surface area contributed by atoms with Gasteiger partial charge in [0.25, 0.3) is 0 Å². The first-order chi connectivity index (χ1) is 9.01. The first-order valence-corrected chi connectivity index (χ1v) is 5.56. The van der Waals surface area contributed by atoms with Crippen LogP contribution >= 0.6 is 0 Å². The van der Waals surface area contributed by atoms with Gasteiger partial charge in [-0.05, 0) is 18.2 Å². The van der Waals surface area contributed by atoms with Crippen molar-refractivity contribution in [3.8, 4) is 0 Å². The summed E-state index contributed by atoms with van der Waals surface area (Å²) in [6.45, 7) is 0.0456. The molecule has 6 nitrogen and oxygen atoms in total. The van der Waals surface area contributed by atoms with Crippen LogP contribution in [0.3, 0.4) is 0 Å². The third-order valence-corrected chi connectivity index (χ3v) is 2.31. The summed E-state index contributed by atoms with van der Waals surface area (Å²) in [5.74, 6) is -1.47. The van der Waals surface area contributed by atoms with Gasteiger partial charge in [0.2, 0.25) is 0 Å². The number of anilines is 1. The predicted octanol–water partition coefficient (Wildman–Crippen LogP) is 1.44. The summed E-state index contributed by atoms with van der Waals surface area (Å²) in [5, 5.41) is 13.5. The molecule has 3 N–H and O–H groups in total. The number of carbonyl (C=O) groups is 2. The first kappa shape index (κ1) is 14.9. The lowest BCUT2D eigenvalue weighted by Gasteiger charge is -2.14. The maximum absolute atomic E-state index is 12.9. The number of carboxylic acids is 1. The molecule has 0 aliphatic carbocycles. The molecule has 7 heteroatoms. The van der Waals surface area contributed by atoms with Crippen molar-refractivity contribution in [3.05, 3.63) is 30.1 Å². The number of carboxylic acid groups (broad SMARTS) is 1. The molecule has 1 rings (SSSR count). The molecule has 0 saturated heterocycles. The molecule has 0 heterocycles. The van der Waals surface area contributed by atoms with E-state index in [9.17, 15) is 14.0 Å². The number of hydrogen-bond donors (Lipinski definition) is 3. The Bertz CT molecular complexity index is 453. The molecular weight excluding hydrogens is 255 g/mol. The maximum atomic E-state index is 12.9. The van der Waals surface area contributed by atoms with Crippen LogP contribution in [-0.2, 0) is 9.53 Å². The summed E-state index contributed by atoms with van der Waals surface area (Å²) in [5.41, 5.74) is 0.310. The molecule has 1 unspecified atom stereocenters. The van der Waals surface area contributed by atoms with Crippen molar-refractivity contribution in [3.63, 3.8) is 0 Å². The maximum Gasteiger partial charge on any atom is 0.319 e. The van der Waals surface area contributed by atoms with Gasteiger partial charge in [-0.1, -0.05) is 6.07 Å². The third kappa shape index (κ3) is 5.82. The molecule has 0 aliphatic heterocycles. The zero-order valence-corrected chi connectivity index (χ0v) is 10.4. The molecule has 0 spiro atoms. The summed E-state index contributed by atoms with van der Waals surface area (Å²) in [7, 11) is 1.36. The van der Waals surface area contributed by atoms with Gasteiger partial charge in [-0.3, -0.25) is 4.79 Å².